The average Bonchev–Trinajstić information content (AvgIpc) is 2.84. The van der Waals surface area contributed by atoms with Crippen molar-refractivity contribution < 1.29 is 4.39 Å². The Morgan fingerprint density at radius 2 is 2.29 bits per heavy atom. The zero-order chi connectivity index (χ0) is 12.0. The van der Waals surface area contributed by atoms with E-state index in [1.54, 1.807) is 16.9 Å². The standard InChI is InChI=1S/C12H11BrFN3/c13-10-6-16-17(12(10)15)11-4-1-7-5-8(14)2-3-9(7)11/h2-3,5-6,11H,1,4,15H2. The first kappa shape index (κ1) is 10.8. The Kier molecular flexibility index (Phi) is 2.43. The Bertz CT molecular complexity index is 579. The van der Waals surface area contributed by atoms with Gasteiger partial charge in [0.2, 0.25) is 0 Å². The minimum Gasteiger partial charge on any atom is -0.383 e. The molecule has 0 aliphatic heterocycles. The van der Waals surface area contributed by atoms with E-state index in [9.17, 15) is 4.39 Å². The molecule has 1 aromatic carbocycles. The number of hydrogen-bond acceptors (Lipinski definition) is 2. The molecule has 0 radical (unpaired) electrons. The first-order valence-electron chi connectivity index (χ1n) is 5.43. The van der Waals surface area contributed by atoms with Gasteiger partial charge in [-0.1, -0.05) is 6.07 Å². The molecule has 0 saturated carbocycles. The van der Waals surface area contributed by atoms with E-state index in [0.717, 1.165) is 28.4 Å². The number of aryl methyl sites for hydroxylation is 1. The van der Waals surface area contributed by atoms with Gasteiger partial charge in [0.25, 0.3) is 0 Å². The number of hydrogen-bond donors (Lipinski definition) is 1. The van der Waals surface area contributed by atoms with Crippen LogP contribution < -0.4 is 5.73 Å². The van der Waals surface area contributed by atoms with E-state index in [0.29, 0.717) is 5.82 Å². The zero-order valence-corrected chi connectivity index (χ0v) is 10.6. The minimum absolute atomic E-state index is 0.122. The van der Waals surface area contributed by atoms with Gasteiger partial charge >= 0.3 is 0 Å². The van der Waals surface area contributed by atoms with E-state index >= 15 is 0 Å². The lowest BCUT2D eigenvalue weighted by atomic mass is 10.1. The molecule has 88 valence electrons. The number of nitrogens with two attached hydrogens (primary N) is 1. The lowest BCUT2D eigenvalue weighted by molar-refractivity contribution is 0.527. The number of aromatic nitrogens is 2. The average molecular weight is 296 g/mol. The number of nitrogens with zero attached hydrogens (tertiary/aromatic N) is 2. The van der Waals surface area contributed by atoms with E-state index in [2.05, 4.69) is 21.0 Å². The topological polar surface area (TPSA) is 43.8 Å². The fourth-order valence-corrected chi connectivity index (χ4v) is 2.69. The van der Waals surface area contributed by atoms with Crippen LogP contribution in [-0.4, -0.2) is 9.78 Å². The molecular formula is C12H11BrFN3. The number of rotatable bonds is 1. The summed E-state index contributed by atoms with van der Waals surface area (Å²) in [5.41, 5.74) is 8.12. The molecule has 1 unspecified atom stereocenters. The second kappa shape index (κ2) is 3.84. The van der Waals surface area contributed by atoms with E-state index < -0.39 is 0 Å². The summed E-state index contributed by atoms with van der Waals surface area (Å²) < 4.78 is 15.7. The molecule has 1 aromatic heterocycles. The monoisotopic (exact) mass is 295 g/mol. The molecule has 0 saturated heterocycles. The van der Waals surface area contributed by atoms with Crippen molar-refractivity contribution in [1.82, 2.24) is 9.78 Å². The van der Waals surface area contributed by atoms with Crippen LogP contribution in [0.15, 0.2) is 28.9 Å². The SMILES string of the molecule is Nc1c(Br)cnn1C1CCc2cc(F)ccc21. The molecule has 1 heterocycles. The van der Waals surface area contributed by atoms with Crippen molar-refractivity contribution in [3.63, 3.8) is 0 Å². The molecule has 2 N–H and O–H groups in total. The van der Waals surface area contributed by atoms with Crippen LogP contribution in [-0.2, 0) is 6.42 Å². The Labute approximate surface area is 107 Å². The summed E-state index contributed by atoms with van der Waals surface area (Å²) in [4.78, 5) is 0. The Hall–Kier alpha value is -1.36. The Balaban J connectivity index is 2.07. The second-order valence-corrected chi connectivity index (χ2v) is 5.07. The minimum atomic E-state index is -0.181. The lowest BCUT2D eigenvalue weighted by Crippen LogP contribution is -2.12. The van der Waals surface area contributed by atoms with Gasteiger partial charge in [-0.15, -0.1) is 0 Å². The second-order valence-electron chi connectivity index (χ2n) is 4.22. The third kappa shape index (κ3) is 1.65. The maximum Gasteiger partial charge on any atom is 0.136 e. The number of nitrogen functional groups attached to an aromatic ring is 1. The Morgan fingerprint density at radius 3 is 3.00 bits per heavy atom. The van der Waals surface area contributed by atoms with Crippen LogP contribution in [0.2, 0.25) is 0 Å². The van der Waals surface area contributed by atoms with Crippen molar-refractivity contribution in [3.8, 4) is 0 Å². The molecule has 3 nitrogen and oxygen atoms in total. The molecule has 5 heteroatoms. The summed E-state index contributed by atoms with van der Waals surface area (Å²) in [7, 11) is 0. The maximum absolute atomic E-state index is 13.1. The number of anilines is 1. The summed E-state index contributed by atoms with van der Waals surface area (Å²) >= 11 is 3.35. The van der Waals surface area contributed by atoms with Gasteiger partial charge < -0.3 is 5.73 Å². The first-order valence-corrected chi connectivity index (χ1v) is 6.23. The first-order chi connectivity index (χ1) is 8.16. The van der Waals surface area contributed by atoms with Gasteiger partial charge in [-0.05, 0) is 52.0 Å². The summed E-state index contributed by atoms with van der Waals surface area (Å²) in [6, 6.07) is 5.05. The fraction of sp³-hybridized carbons (Fsp3) is 0.250. The van der Waals surface area contributed by atoms with Crippen molar-refractivity contribution in [1.29, 1.82) is 0 Å². The number of fused-ring (bicyclic) bond motifs is 1. The quantitative estimate of drug-likeness (QED) is 0.879. The molecule has 0 amide bonds. The van der Waals surface area contributed by atoms with E-state index in [1.165, 1.54) is 6.07 Å². The third-order valence-electron chi connectivity index (χ3n) is 3.23. The van der Waals surface area contributed by atoms with Gasteiger partial charge in [0.15, 0.2) is 0 Å². The number of halogens is 2. The van der Waals surface area contributed by atoms with Crippen molar-refractivity contribution in [2.45, 2.75) is 18.9 Å². The summed E-state index contributed by atoms with van der Waals surface area (Å²) in [6.45, 7) is 0. The van der Waals surface area contributed by atoms with Crippen molar-refractivity contribution in [2.75, 3.05) is 5.73 Å². The van der Waals surface area contributed by atoms with Crippen molar-refractivity contribution in [2.24, 2.45) is 0 Å². The van der Waals surface area contributed by atoms with Crippen LogP contribution in [0.5, 0.6) is 0 Å². The highest BCUT2D eigenvalue weighted by atomic mass is 79.9. The third-order valence-corrected chi connectivity index (χ3v) is 3.84. The highest BCUT2D eigenvalue weighted by molar-refractivity contribution is 9.10. The molecule has 2 aromatic rings. The predicted molar refractivity (Wildman–Crippen MR) is 67.2 cm³/mol. The molecule has 0 bridgehead atoms. The van der Waals surface area contributed by atoms with E-state index in [-0.39, 0.29) is 11.9 Å². The molecule has 0 spiro atoms. The van der Waals surface area contributed by atoms with Crippen LogP contribution in [0, 0.1) is 5.82 Å². The number of benzene rings is 1. The van der Waals surface area contributed by atoms with Gasteiger partial charge in [0.05, 0.1) is 16.7 Å². The summed E-state index contributed by atoms with van der Waals surface area (Å²) in [6.07, 6.45) is 3.47. The molecular weight excluding hydrogens is 285 g/mol. The van der Waals surface area contributed by atoms with Gasteiger partial charge in [0, 0.05) is 0 Å². The van der Waals surface area contributed by atoms with Crippen LogP contribution in [0.25, 0.3) is 0 Å². The maximum atomic E-state index is 13.1. The largest absolute Gasteiger partial charge is 0.383 e. The van der Waals surface area contributed by atoms with Crippen molar-refractivity contribution >= 4 is 21.7 Å². The molecule has 1 atom stereocenters. The van der Waals surface area contributed by atoms with Crippen LogP contribution in [0.3, 0.4) is 0 Å². The van der Waals surface area contributed by atoms with E-state index in [4.69, 9.17) is 5.73 Å². The summed E-state index contributed by atoms with van der Waals surface area (Å²) in [5.74, 6) is 0.436. The highest BCUT2D eigenvalue weighted by Gasteiger charge is 2.26. The zero-order valence-electron chi connectivity index (χ0n) is 9.03. The van der Waals surface area contributed by atoms with Crippen LogP contribution >= 0.6 is 15.9 Å². The van der Waals surface area contributed by atoms with E-state index in [1.807, 2.05) is 6.07 Å². The summed E-state index contributed by atoms with van der Waals surface area (Å²) in [5, 5.41) is 4.27. The normalized spacial score (nSPS) is 18.4. The van der Waals surface area contributed by atoms with Crippen LogP contribution in [0.4, 0.5) is 10.2 Å². The van der Waals surface area contributed by atoms with Gasteiger partial charge in [0.1, 0.15) is 11.6 Å². The highest BCUT2D eigenvalue weighted by Crippen LogP contribution is 2.36. The van der Waals surface area contributed by atoms with Gasteiger partial charge in [-0.3, -0.25) is 0 Å². The Morgan fingerprint density at radius 1 is 1.47 bits per heavy atom. The van der Waals surface area contributed by atoms with Crippen molar-refractivity contribution in [3.05, 3.63) is 45.8 Å². The van der Waals surface area contributed by atoms with Crippen LogP contribution in [0.1, 0.15) is 23.6 Å². The molecule has 1 aliphatic rings. The molecule has 17 heavy (non-hydrogen) atoms. The predicted octanol–water partition coefficient (Wildman–Crippen LogP) is 2.90. The fourth-order valence-electron chi connectivity index (χ4n) is 2.42. The molecule has 1 aliphatic carbocycles. The van der Waals surface area contributed by atoms with Gasteiger partial charge in [-0.2, -0.15) is 5.10 Å². The molecule has 0 fully saturated rings. The molecule has 3 rings (SSSR count). The smallest absolute Gasteiger partial charge is 0.136 e. The van der Waals surface area contributed by atoms with Gasteiger partial charge in [-0.25, -0.2) is 9.07 Å². The lowest BCUT2D eigenvalue weighted by Gasteiger charge is -2.14.